The number of methoxy groups -OCH3 is 1. The van der Waals surface area contributed by atoms with Crippen molar-refractivity contribution in [3.63, 3.8) is 0 Å². The van der Waals surface area contributed by atoms with Crippen LogP contribution in [0.25, 0.3) is 0 Å². The Hall–Kier alpha value is -1.96. The van der Waals surface area contributed by atoms with Crippen molar-refractivity contribution in [1.29, 1.82) is 0 Å². The number of hydrogen-bond acceptors (Lipinski definition) is 5. The van der Waals surface area contributed by atoms with E-state index in [1.807, 2.05) is 0 Å². The Morgan fingerprint density at radius 1 is 1.14 bits per heavy atom. The van der Waals surface area contributed by atoms with Gasteiger partial charge in [0.15, 0.2) is 0 Å². The van der Waals surface area contributed by atoms with E-state index in [0.29, 0.717) is 27.8 Å². The summed E-state index contributed by atoms with van der Waals surface area (Å²) in [5, 5.41) is 8.51. The van der Waals surface area contributed by atoms with Gasteiger partial charge in [0.25, 0.3) is 0 Å². The summed E-state index contributed by atoms with van der Waals surface area (Å²) < 4.78 is 27.9. The lowest BCUT2D eigenvalue weighted by molar-refractivity contribution is 0.415. The molecule has 0 aliphatic carbocycles. The zero-order chi connectivity index (χ0) is 15.6. The van der Waals surface area contributed by atoms with Crippen molar-refractivity contribution >= 4 is 38.7 Å². The van der Waals surface area contributed by atoms with Crippen LogP contribution in [0.2, 0.25) is 5.02 Å². The third-order valence-corrected chi connectivity index (χ3v) is 4.04. The average molecular weight is 328 g/mol. The second-order valence-corrected chi connectivity index (χ2v) is 6.23. The number of sulfonamides is 1. The molecule has 2 rings (SSSR count). The zero-order valence-corrected chi connectivity index (χ0v) is 12.7. The first kappa shape index (κ1) is 15.4. The summed E-state index contributed by atoms with van der Waals surface area (Å²) >= 11 is 6.08. The molecule has 2 aromatic rings. The third-order valence-electron chi connectivity index (χ3n) is 2.80. The molecule has 0 radical (unpaired) electrons. The molecule has 0 saturated carbocycles. The van der Waals surface area contributed by atoms with Crippen molar-refractivity contribution in [3.8, 4) is 5.75 Å². The number of nitrogens with one attached hydrogen (secondary N) is 1. The molecule has 0 amide bonds. The van der Waals surface area contributed by atoms with Crippen LogP contribution in [0.1, 0.15) is 0 Å². The van der Waals surface area contributed by atoms with Crippen LogP contribution < -0.4 is 20.9 Å². The predicted molar refractivity (Wildman–Crippen MR) is 83.5 cm³/mol. The van der Waals surface area contributed by atoms with Gasteiger partial charge < -0.3 is 15.8 Å². The van der Waals surface area contributed by atoms with E-state index in [2.05, 4.69) is 5.32 Å². The van der Waals surface area contributed by atoms with E-state index in [-0.39, 0.29) is 4.90 Å². The van der Waals surface area contributed by atoms with Crippen LogP contribution in [-0.2, 0) is 10.0 Å². The first-order valence-corrected chi connectivity index (χ1v) is 7.76. The molecule has 0 saturated heterocycles. The summed E-state index contributed by atoms with van der Waals surface area (Å²) in [6, 6.07) is 9.17. The highest BCUT2D eigenvalue weighted by atomic mass is 35.5. The van der Waals surface area contributed by atoms with E-state index in [9.17, 15) is 8.42 Å². The molecule has 0 unspecified atom stereocenters. The first-order valence-electron chi connectivity index (χ1n) is 5.84. The first-order chi connectivity index (χ1) is 9.81. The smallest absolute Gasteiger partial charge is 0.238 e. The van der Waals surface area contributed by atoms with Gasteiger partial charge in [-0.1, -0.05) is 11.6 Å². The number of ether oxygens (including phenoxy) is 1. The fraction of sp³-hybridized carbons (Fsp3) is 0.0769. The Kier molecular flexibility index (Phi) is 4.26. The monoisotopic (exact) mass is 327 g/mol. The van der Waals surface area contributed by atoms with Crippen molar-refractivity contribution in [2.24, 2.45) is 5.14 Å². The fourth-order valence-electron chi connectivity index (χ4n) is 1.69. The number of nitrogens with two attached hydrogens (primary N) is 2. The van der Waals surface area contributed by atoms with E-state index >= 15 is 0 Å². The van der Waals surface area contributed by atoms with E-state index < -0.39 is 10.0 Å². The predicted octanol–water partition coefficient (Wildman–Crippen LogP) is 2.32. The molecule has 112 valence electrons. The van der Waals surface area contributed by atoms with Crippen molar-refractivity contribution in [2.75, 3.05) is 18.2 Å². The molecule has 0 spiro atoms. The maximum atomic E-state index is 11.4. The average Bonchev–Trinajstić information content (AvgIpc) is 2.42. The van der Waals surface area contributed by atoms with Crippen LogP contribution in [0, 0.1) is 0 Å². The quantitative estimate of drug-likeness (QED) is 0.747. The molecule has 6 nitrogen and oxygen atoms in total. The number of hydrogen-bond donors (Lipinski definition) is 3. The van der Waals surface area contributed by atoms with Gasteiger partial charge >= 0.3 is 0 Å². The van der Waals surface area contributed by atoms with E-state index in [1.54, 1.807) is 18.2 Å². The standard InChI is InChI=1S/C13H14ClN3O3S/c1-20-8-2-4-10(14)12(6-8)17-13-7-9(21(16,18)19)3-5-11(13)15/h2-7,17H,15H2,1H3,(H2,16,18,19). The number of anilines is 3. The highest BCUT2D eigenvalue weighted by Crippen LogP contribution is 2.32. The Bertz CT molecular complexity index is 778. The van der Waals surface area contributed by atoms with Gasteiger partial charge in [0.2, 0.25) is 10.0 Å². The molecule has 0 aliphatic heterocycles. The molecule has 0 atom stereocenters. The topological polar surface area (TPSA) is 107 Å². The highest BCUT2D eigenvalue weighted by molar-refractivity contribution is 7.89. The van der Waals surface area contributed by atoms with Gasteiger partial charge in [-0.2, -0.15) is 0 Å². The summed E-state index contributed by atoms with van der Waals surface area (Å²) in [5.74, 6) is 0.600. The highest BCUT2D eigenvalue weighted by Gasteiger charge is 2.12. The van der Waals surface area contributed by atoms with Gasteiger partial charge in [-0.25, -0.2) is 13.6 Å². The third kappa shape index (κ3) is 3.57. The Labute approximate surface area is 127 Å². The minimum atomic E-state index is -3.81. The molecule has 0 heterocycles. The summed E-state index contributed by atoms with van der Waals surface area (Å²) in [5.41, 5.74) is 7.11. The Morgan fingerprint density at radius 2 is 1.86 bits per heavy atom. The van der Waals surface area contributed by atoms with Gasteiger partial charge in [0, 0.05) is 6.07 Å². The van der Waals surface area contributed by atoms with Gasteiger partial charge in [-0.05, 0) is 30.3 Å². The Balaban J connectivity index is 2.44. The largest absolute Gasteiger partial charge is 0.497 e. The van der Waals surface area contributed by atoms with E-state index in [1.165, 1.54) is 25.3 Å². The lowest BCUT2D eigenvalue weighted by Crippen LogP contribution is -2.12. The molecule has 0 aromatic heterocycles. The number of primary sulfonamides is 1. The van der Waals surface area contributed by atoms with Crippen LogP contribution >= 0.6 is 11.6 Å². The second kappa shape index (κ2) is 5.80. The SMILES string of the molecule is COc1ccc(Cl)c(Nc2cc(S(N)(=O)=O)ccc2N)c1. The lowest BCUT2D eigenvalue weighted by atomic mass is 10.2. The molecular weight excluding hydrogens is 314 g/mol. The van der Waals surface area contributed by atoms with Crippen LogP contribution in [-0.4, -0.2) is 15.5 Å². The molecule has 2 aromatic carbocycles. The van der Waals surface area contributed by atoms with Crippen LogP contribution in [0.15, 0.2) is 41.3 Å². The number of rotatable bonds is 4. The van der Waals surface area contributed by atoms with Gasteiger partial charge in [0.05, 0.1) is 34.1 Å². The molecule has 5 N–H and O–H groups in total. The zero-order valence-electron chi connectivity index (χ0n) is 11.1. The van der Waals surface area contributed by atoms with Crippen molar-refractivity contribution in [1.82, 2.24) is 0 Å². The molecule has 0 aliphatic rings. The van der Waals surface area contributed by atoms with Crippen LogP contribution in [0.5, 0.6) is 5.75 Å². The van der Waals surface area contributed by atoms with E-state index in [0.717, 1.165) is 0 Å². The minimum Gasteiger partial charge on any atom is -0.497 e. The molecule has 0 bridgehead atoms. The number of halogens is 1. The molecular formula is C13H14ClN3O3S. The molecule has 8 heteroatoms. The Morgan fingerprint density at radius 3 is 2.48 bits per heavy atom. The van der Waals surface area contributed by atoms with Crippen molar-refractivity contribution in [2.45, 2.75) is 4.90 Å². The maximum Gasteiger partial charge on any atom is 0.238 e. The van der Waals surface area contributed by atoms with Crippen molar-refractivity contribution < 1.29 is 13.2 Å². The summed E-state index contributed by atoms with van der Waals surface area (Å²) in [6.07, 6.45) is 0. The van der Waals surface area contributed by atoms with Crippen LogP contribution in [0.3, 0.4) is 0 Å². The van der Waals surface area contributed by atoms with Crippen molar-refractivity contribution in [3.05, 3.63) is 41.4 Å². The number of nitrogen functional groups attached to an aromatic ring is 1. The van der Waals surface area contributed by atoms with Gasteiger partial charge in [-0.3, -0.25) is 0 Å². The normalized spacial score (nSPS) is 11.2. The molecule has 0 fully saturated rings. The summed E-state index contributed by atoms with van der Waals surface area (Å²) in [7, 11) is -2.28. The molecule has 21 heavy (non-hydrogen) atoms. The maximum absolute atomic E-state index is 11.4. The van der Waals surface area contributed by atoms with Crippen LogP contribution in [0.4, 0.5) is 17.1 Å². The van der Waals surface area contributed by atoms with E-state index in [4.69, 9.17) is 27.2 Å². The minimum absolute atomic E-state index is 0.0433. The second-order valence-electron chi connectivity index (χ2n) is 4.26. The lowest BCUT2D eigenvalue weighted by Gasteiger charge is -2.13. The summed E-state index contributed by atoms with van der Waals surface area (Å²) in [4.78, 5) is -0.0433. The fourth-order valence-corrected chi connectivity index (χ4v) is 2.40. The van der Waals surface area contributed by atoms with Gasteiger partial charge in [0.1, 0.15) is 5.75 Å². The summed E-state index contributed by atoms with van der Waals surface area (Å²) in [6.45, 7) is 0. The number of benzene rings is 2. The van der Waals surface area contributed by atoms with Gasteiger partial charge in [-0.15, -0.1) is 0 Å².